The number of aromatic nitrogens is 3. The Labute approximate surface area is 126 Å². The molecule has 2 aromatic heterocycles. The number of hydrogen-bond acceptors (Lipinski definition) is 5. The lowest BCUT2D eigenvalue weighted by Crippen LogP contribution is -2.05. The Bertz CT molecular complexity index is 826. The maximum atomic E-state index is 12.7. The molecule has 0 spiro atoms. The molecule has 9 heteroatoms. The van der Waals surface area contributed by atoms with Crippen LogP contribution in [-0.4, -0.2) is 15.4 Å². The summed E-state index contributed by atoms with van der Waals surface area (Å²) >= 11 is 5.65. The van der Waals surface area contributed by atoms with Gasteiger partial charge in [0.2, 0.25) is 5.89 Å². The zero-order valence-electron chi connectivity index (χ0n) is 11.0. The second kappa shape index (κ2) is 5.13. The third-order valence-electron chi connectivity index (χ3n) is 2.79. The van der Waals surface area contributed by atoms with E-state index >= 15 is 0 Å². The average molecular weight is 330 g/mol. The molecule has 5 nitrogen and oxygen atoms in total. The first-order chi connectivity index (χ1) is 10.3. The van der Waals surface area contributed by atoms with Crippen LogP contribution in [0.15, 0.2) is 33.2 Å². The van der Waals surface area contributed by atoms with Crippen LogP contribution < -0.4 is 0 Å². The van der Waals surface area contributed by atoms with Gasteiger partial charge in [0.1, 0.15) is 5.76 Å². The zero-order chi connectivity index (χ0) is 15.9. The van der Waals surface area contributed by atoms with Crippen molar-refractivity contribution in [1.29, 1.82) is 0 Å². The molecular weight excluding hydrogens is 323 g/mol. The molecule has 0 atom stereocenters. The number of hydrogen-bond donors (Lipinski definition) is 0. The normalized spacial score (nSPS) is 11.9. The van der Waals surface area contributed by atoms with Crippen molar-refractivity contribution in [2.24, 2.45) is 0 Å². The molecule has 0 aliphatic rings. The summed E-state index contributed by atoms with van der Waals surface area (Å²) in [5.41, 5.74) is -0.309. The number of rotatable bonds is 2. The molecule has 0 fully saturated rings. The molecule has 0 bridgehead atoms. The van der Waals surface area contributed by atoms with E-state index in [1.165, 1.54) is 6.07 Å². The summed E-state index contributed by atoms with van der Waals surface area (Å²) in [6.45, 7) is 1.70. The van der Waals surface area contributed by atoms with Crippen molar-refractivity contribution >= 4 is 11.6 Å². The molecule has 3 aromatic rings. The molecule has 1 aromatic carbocycles. The van der Waals surface area contributed by atoms with Gasteiger partial charge in [0.05, 0.1) is 10.6 Å². The van der Waals surface area contributed by atoms with Gasteiger partial charge in [-0.1, -0.05) is 16.8 Å². The summed E-state index contributed by atoms with van der Waals surface area (Å²) in [7, 11) is 0. The Morgan fingerprint density at radius 1 is 1.09 bits per heavy atom. The van der Waals surface area contributed by atoms with Gasteiger partial charge in [-0.05, 0) is 25.1 Å². The monoisotopic (exact) mass is 329 g/mol. The fraction of sp³-hybridized carbons (Fsp3) is 0.154. The van der Waals surface area contributed by atoms with Gasteiger partial charge in [0.25, 0.3) is 5.89 Å². The SMILES string of the molecule is Cc1cc(-c2nnc(-c3ccc(C(F)(F)F)c(Cl)c3)o2)no1. The number of alkyl halides is 3. The number of halogens is 4. The fourth-order valence-corrected chi connectivity index (χ4v) is 2.08. The molecular formula is C13H7ClF3N3O2. The molecule has 2 heterocycles. The minimum absolute atomic E-state index is 0.0336. The third kappa shape index (κ3) is 2.69. The number of nitrogens with zero attached hydrogens (tertiary/aromatic N) is 3. The largest absolute Gasteiger partial charge is 0.417 e. The molecule has 0 aliphatic carbocycles. The lowest BCUT2D eigenvalue weighted by Gasteiger charge is -2.08. The maximum Gasteiger partial charge on any atom is 0.417 e. The Morgan fingerprint density at radius 3 is 2.41 bits per heavy atom. The Morgan fingerprint density at radius 2 is 1.82 bits per heavy atom. The van der Waals surface area contributed by atoms with E-state index in [0.29, 0.717) is 11.5 Å². The van der Waals surface area contributed by atoms with Crippen LogP contribution >= 0.6 is 11.6 Å². The van der Waals surface area contributed by atoms with E-state index < -0.39 is 16.8 Å². The van der Waals surface area contributed by atoms with E-state index in [-0.39, 0.29) is 17.3 Å². The van der Waals surface area contributed by atoms with Gasteiger partial charge in [0, 0.05) is 11.6 Å². The third-order valence-corrected chi connectivity index (χ3v) is 3.11. The van der Waals surface area contributed by atoms with E-state index in [4.69, 9.17) is 20.5 Å². The van der Waals surface area contributed by atoms with Crippen LogP contribution in [0.1, 0.15) is 11.3 Å². The van der Waals surface area contributed by atoms with Crippen molar-refractivity contribution < 1.29 is 22.1 Å². The second-order valence-corrected chi connectivity index (χ2v) is 4.83. The highest BCUT2D eigenvalue weighted by molar-refractivity contribution is 6.31. The van der Waals surface area contributed by atoms with Crippen LogP contribution in [0.3, 0.4) is 0 Å². The van der Waals surface area contributed by atoms with Gasteiger partial charge < -0.3 is 8.94 Å². The van der Waals surface area contributed by atoms with E-state index in [1.807, 2.05) is 0 Å². The van der Waals surface area contributed by atoms with Crippen molar-refractivity contribution in [1.82, 2.24) is 15.4 Å². The summed E-state index contributed by atoms with van der Waals surface area (Å²) in [6, 6.07) is 4.79. The fourth-order valence-electron chi connectivity index (χ4n) is 1.79. The smallest absolute Gasteiger partial charge is 0.414 e. The standard InChI is InChI=1S/C13H7ClF3N3O2/c1-6-4-10(20-22-6)12-19-18-11(21-12)7-2-3-8(9(14)5-7)13(15,16)17/h2-5H,1H3. The Balaban J connectivity index is 1.95. The van der Waals surface area contributed by atoms with Gasteiger partial charge in [-0.25, -0.2) is 0 Å². The first-order valence-electron chi connectivity index (χ1n) is 5.99. The molecule has 0 aliphatic heterocycles. The second-order valence-electron chi connectivity index (χ2n) is 4.43. The summed E-state index contributed by atoms with van der Waals surface area (Å²) in [5, 5.41) is 10.8. The average Bonchev–Trinajstić information content (AvgIpc) is 3.05. The van der Waals surface area contributed by atoms with Gasteiger partial charge in [-0.3, -0.25) is 0 Å². The molecule has 114 valence electrons. The van der Waals surface area contributed by atoms with Crippen LogP contribution in [0.2, 0.25) is 5.02 Å². The zero-order valence-corrected chi connectivity index (χ0v) is 11.7. The van der Waals surface area contributed by atoms with E-state index in [2.05, 4.69) is 15.4 Å². The topological polar surface area (TPSA) is 65.0 Å². The van der Waals surface area contributed by atoms with Crippen LogP contribution in [0.25, 0.3) is 23.0 Å². The van der Waals surface area contributed by atoms with Crippen molar-refractivity contribution in [2.45, 2.75) is 13.1 Å². The lowest BCUT2D eigenvalue weighted by atomic mass is 10.1. The number of benzene rings is 1. The van der Waals surface area contributed by atoms with Crippen molar-refractivity contribution in [3.8, 4) is 23.0 Å². The quantitative estimate of drug-likeness (QED) is 0.698. The highest BCUT2D eigenvalue weighted by Crippen LogP contribution is 2.36. The Hall–Kier alpha value is -2.35. The summed E-state index contributed by atoms with van der Waals surface area (Å²) in [5.74, 6) is 0.696. The van der Waals surface area contributed by atoms with E-state index in [1.54, 1.807) is 13.0 Å². The van der Waals surface area contributed by atoms with Crippen LogP contribution in [0, 0.1) is 6.92 Å². The summed E-state index contributed by atoms with van der Waals surface area (Å²) < 4.78 is 48.2. The predicted molar refractivity (Wildman–Crippen MR) is 70.0 cm³/mol. The van der Waals surface area contributed by atoms with Gasteiger partial charge in [0.15, 0.2) is 5.69 Å². The highest BCUT2D eigenvalue weighted by Gasteiger charge is 2.33. The summed E-state index contributed by atoms with van der Waals surface area (Å²) in [6.07, 6.45) is -4.52. The maximum absolute atomic E-state index is 12.7. The van der Waals surface area contributed by atoms with Crippen LogP contribution in [0.5, 0.6) is 0 Å². The molecule has 0 N–H and O–H groups in total. The van der Waals surface area contributed by atoms with Crippen LogP contribution in [-0.2, 0) is 6.18 Å². The molecule has 0 saturated heterocycles. The molecule has 0 saturated carbocycles. The Kier molecular flexibility index (Phi) is 3.40. The van der Waals surface area contributed by atoms with Crippen molar-refractivity contribution in [3.63, 3.8) is 0 Å². The molecule has 22 heavy (non-hydrogen) atoms. The molecule has 0 unspecified atom stereocenters. The first-order valence-corrected chi connectivity index (χ1v) is 6.37. The van der Waals surface area contributed by atoms with Crippen molar-refractivity contribution in [2.75, 3.05) is 0 Å². The number of aryl methyl sites for hydroxylation is 1. The van der Waals surface area contributed by atoms with Crippen LogP contribution in [0.4, 0.5) is 13.2 Å². The molecule has 3 rings (SSSR count). The minimum atomic E-state index is -4.52. The van der Waals surface area contributed by atoms with Gasteiger partial charge in [-0.15, -0.1) is 10.2 Å². The summed E-state index contributed by atoms with van der Waals surface area (Å²) in [4.78, 5) is 0. The van der Waals surface area contributed by atoms with E-state index in [9.17, 15) is 13.2 Å². The molecule has 0 amide bonds. The molecule has 0 radical (unpaired) electrons. The van der Waals surface area contributed by atoms with Crippen molar-refractivity contribution in [3.05, 3.63) is 40.6 Å². The lowest BCUT2D eigenvalue weighted by molar-refractivity contribution is -0.137. The highest BCUT2D eigenvalue weighted by atomic mass is 35.5. The van der Waals surface area contributed by atoms with Gasteiger partial charge >= 0.3 is 6.18 Å². The predicted octanol–water partition coefficient (Wildman–Crippen LogP) is 4.37. The first kappa shape index (κ1) is 14.6. The van der Waals surface area contributed by atoms with E-state index in [0.717, 1.165) is 12.1 Å². The van der Waals surface area contributed by atoms with Gasteiger partial charge in [-0.2, -0.15) is 13.2 Å². The minimum Gasteiger partial charge on any atom is -0.414 e.